The second-order valence-corrected chi connectivity index (χ2v) is 8.26. The predicted molar refractivity (Wildman–Crippen MR) is 115 cm³/mol. The van der Waals surface area contributed by atoms with E-state index in [9.17, 15) is 19.5 Å². The Morgan fingerprint density at radius 3 is 2.52 bits per heavy atom. The van der Waals surface area contributed by atoms with Crippen LogP contribution in [0.5, 0.6) is 0 Å². The van der Waals surface area contributed by atoms with Crippen molar-refractivity contribution in [3.8, 4) is 0 Å². The summed E-state index contributed by atoms with van der Waals surface area (Å²) in [6.45, 7) is 5.74. The minimum atomic E-state index is -0.783. The number of carbonyl (C=O) groups excluding carboxylic acids is 3. The number of hydrogen-bond donors (Lipinski definition) is 2. The number of likely N-dealkylation sites (tertiary alicyclic amines) is 1. The molecule has 2 N–H and O–H groups in total. The number of aliphatic hydroxyl groups excluding tert-OH is 1. The zero-order valence-corrected chi connectivity index (χ0v) is 18.4. The molecule has 0 aromatic heterocycles. The first-order valence-corrected chi connectivity index (χ1v) is 11.0. The third kappa shape index (κ3) is 4.51. The van der Waals surface area contributed by atoms with Crippen LogP contribution in [-0.2, 0) is 25.7 Å². The summed E-state index contributed by atoms with van der Waals surface area (Å²) in [4.78, 5) is 41.0. The molecule has 2 aliphatic rings. The van der Waals surface area contributed by atoms with E-state index in [2.05, 4.69) is 5.32 Å². The van der Waals surface area contributed by atoms with Crippen LogP contribution in [0.1, 0.15) is 32.8 Å². The minimum absolute atomic E-state index is 0.123. The van der Waals surface area contributed by atoms with E-state index in [0.29, 0.717) is 13.0 Å². The lowest BCUT2D eigenvalue weighted by Gasteiger charge is -2.33. The first-order chi connectivity index (χ1) is 14.9. The highest BCUT2D eigenvalue weighted by Gasteiger charge is 2.58. The first kappa shape index (κ1) is 23.0. The van der Waals surface area contributed by atoms with Crippen molar-refractivity contribution in [2.24, 2.45) is 23.7 Å². The maximum atomic E-state index is 13.5. The first-order valence-electron chi connectivity index (χ1n) is 11.0. The Morgan fingerprint density at radius 2 is 1.90 bits per heavy atom. The molecule has 1 aliphatic heterocycles. The number of rotatable bonds is 8. The molecule has 31 heavy (non-hydrogen) atoms. The summed E-state index contributed by atoms with van der Waals surface area (Å²) in [5.41, 5.74) is 0.952. The summed E-state index contributed by atoms with van der Waals surface area (Å²) in [7, 11) is 0. The number of ether oxygens (including phenoxy) is 1. The molecule has 6 atom stereocenters. The lowest BCUT2D eigenvalue weighted by molar-refractivity contribution is -0.156. The number of esters is 1. The monoisotopic (exact) mass is 428 g/mol. The molecular weight excluding hydrogens is 396 g/mol. The summed E-state index contributed by atoms with van der Waals surface area (Å²) in [5, 5.41) is 12.7. The van der Waals surface area contributed by atoms with Gasteiger partial charge in [0.25, 0.3) is 0 Å². The van der Waals surface area contributed by atoms with Gasteiger partial charge in [0, 0.05) is 12.5 Å². The molecule has 168 valence electrons. The summed E-state index contributed by atoms with van der Waals surface area (Å²) in [6, 6.07) is 8.21. The smallest absolute Gasteiger partial charge is 0.310 e. The minimum Gasteiger partial charge on any atom is -0.466 e. The van der Waals surface area contributed by atoms with Gasteiger partial charge in [-0.3, -0.25) is 14.4 Å². The lowest BCUT2D eigenvalue weighted by atomic mass is 9.69. The molecule has 7 heteroatoms. The SMILES string of the molecule is CCOC(=O)[C@H]1[C@@H]2C(=O)N([C@H](C)CO)[C@H](C(=O)NCc3ccccc3)[C@H]2C=C[C@H]1CC. The molecule has 7 nitrogen and oxygen atoms in total. The molecular formula is C24H32N2O5. The van der Waals surface area contributed by atoms with Crippen LogP contribution < -0.4 is 5.32 Å². The van der Waals surface area contributed by atoms with Crippen LogP contribution in [0.4, 0.5) is 0 Å². The number of nitrogens with one attached hydrogen (secondary N) is 1. The topological polar surface area (TPSA) is 95.9 Å². The number of hydrogen-bond acceptors (Lipinski definition) is 5. The highest BCUT2D eigenvalue weighted by Crippen LogP contribution is 2.45. The van der Waals surface area contributed by atoms with Crippen molar-refractivity contribution in [1.29, 1.82) is 0 Å². The Labute approximate surface area is 183 Å². The van der Waals surface area contributed by atoms with Crippen molar-refractivity contribution < 1.29 is 24.2 Å². The normalized spacial score (nSPS) is 28.2. The summed E-state index contributed by atoms with van der Waals surface area (Å²) in [5.74, 6) is -2.83. The highest BCUT2D eigenvalue weighted by molar-refractivity contribution is 5.96. The van der Waals surface area contributed by atoms with Crippen molar-refractivity contribution in [2.75, 3.05) is 13.2 Å². The molecule has 1 fully saturated rings. The molecule has 0 unspecified atom stereocenters. The van der Waals surface area contributed by atoms with E-state index >= 15 is 0 Å². The molecule has 3 rings (SSSR count). The Balaban J connectivity index is 1.92. The van der Waals surface area contributed by atoms with E-state index < -0.39 is 35.8 Å². The van der Waals surface area contributed by atoms with Crippen molar-refractivity contribution in [3.63, 3.8) is 0 Å². The van der Waals surface area contributed by atoms with Gasteiger partial charge < -0.3 is 20.1 Å². The molecule has 1 aromatic rings. The van der Waals surface area contributed by atoms with E-state index in [1.807, 2.05) is 49.4 Å². The van der Waals surface area contributed by atoms with Crippen LogP contribution in [0.3, 0.4) is 0 Å². The summed E-state index contributed by atoms with van der Waals surface area (Å²) in [6.07, 6.45) is 4.54. The maximum Gasteiger partial charge on any atom is 0.310 e. The Kier molecular flexibility index (Phi) is 7.49. The van der Waals surface area contributed by atoms with Crippen LogP contribution in [0.25, 0.3) is 0 Å². The Morgan fingerprint density at radius 1 is 1.19 bits per heavy atom. The third-order valence-corrected chi connectivity index (χ3v) is 6.39. The predicted octanol–water partition coefficient (Wildman–Crippen LogP) is 1.90. The van der Waals surface area contributed by atoms with E-state index in [-0.39, 0.29) is 30.9 Å². The Hall–Kier alpha value is -2.67. The third-order valence-electron chi connectivity index (χ3n) is 6.39. The van der Waals surface area contributed by atoms with Gasteiger partial charge in [0.05, 0.1) is 31.1 Å². The number of fused-ring (bicyclic) bond motifs is 1. The molecule has 1 heterocycles. The summed E-state index contributed by atoms with van der Waals surface area (Å²) >= 11 is 0. The van der Waals surface area contributed by atoms with Gasteiger partial charge in [-0.25, -0.2) is 0 Å². The molecule has 0 saturated carbocycles. The molecule has 1 aromatic carbocycles. The average molecular weight is 429 g/mol. The van der Waals surface area contributed by atoms with Gasteiger partial charge in [0.15, 0.2) is 0 Å². The zero-order valence-electron chi connectivity index (χ0n) is 18.4. The number of benzene rings is 1. The largest absolute Gasteiger partial charge is 0.466 e. The standard InChI is InChI=1S/C24H32N2O5/c1-4-17-11-12-18-20(19(17)24(30)31-5-2)23(29)26(15(3)14-27)21(18)22(28)25-13-16-9-7-6-8-10-16/h6-12,15,17-21,27H,4-5,13-14H2,1-3H3,(H,25,28)/t15-,17-,18+,19-,20-,21+/m1/s1. The van der Waals surface area contributed by atoms with Crippen molar-refractivity contribution in [3.05, 3.63) is 48.0 Å². The van der Waals surface area contributed by atoms with Gasteiger partial charge >= 0.3 is 5.97 Å². The van der Waals surface area contributed by atoms with Gasteiger partial charge in [0.2, 0.25) is 11.8 Å². The van der Waals surface area contributed by atoms with Gasteiger partial charge in [-0.05, 0) is 31.7 Å². The zero-order chi connectivity index (χ0) is 22.5. The fraction of sp³-hybridized carbons (Fsp3) is 0.542. The quantitative estimate of drug-likeness (QED) is 0.487. The number of amides is 2. The van der Waals surface area contributed by atoms with Gasteiger partial charge in [0.1, 0.15) is 6.04 Å². The fourth-order valence-electron chi connectivity index (χ4n) is 4.85. The number of nitrogens with zero attached hydrogens (tertiary/aromatic N) is 1. The van der Waals surface area contributed by atoms with E-state index in [1.165, 1.54) is 4.90 Å². The fourth-order valence-corrected chi connectivity index (χ4v) is 4.85. The summed E-state index contributed by atoms with van der Waals surface area (Å²) < 4.78 is 5.30. The Bertz CT molecular complexity index is 825. The second-order valence-electron chi connectivity index (χ2n) is 8.26. The van der Waals surface area contributed by atoms with E-state index in [0.717, 1.165) is 5.56 Å². The van der Waals surface area contributed by atoms with E-state index in [4.69, 9.17) is 4.74 Å². The van der Waals surface area contributed by atoms with Gasteiger partial charge in [-0.1, -0.05) is 49.4 Å². The molecule has 0 radical (unpaired) electrons. The average Bonchev–Trinajstić information content (AvgIpc) is 3.09. The van der Waals surface area contributed by atoms with Crippen LogP contribution >= 0.6 is 0 Å². The van der Waals surface area contributed by atoms with E-state index in [1.54, 1.807) is 13.8 Å². The number of carbonyl (C=O) groups is 3. The molecule has 1 saturated heterocycles. The molecule has 2 amide bonds. The van der Waals surface area contributed by atoms with Crippen LogP contribution in [0, 0.1) is 23.7 Å². The van der Waals surface area contributed by atoms with Crippen LogP contribution in [0.2, 0.25) is 0 Å². The number of allylic oxidation sites excluding steroid dienone is 1. The van der Waals surface area contributed by atoms with Crippen LogP contribution in [-0.4, -0.2) is 53.1 Å². The van der Waals surface area contributed by atoms with Gasteiger partial charge in [-0.15, -0.1) is 0 Å². The molecule has 1 aliphatic carbocycles. The van der Waals surface area contributed by atoms with Crippen molar-refractivity contribution >= 4 is 17.8 Å². The highest BCUT2D eigenvalue weighted by atomic mass is 16.5. The van der Waals surface area contributed by atoms with Crippen molar-refractivity contribution in [2.45, 2.75) is 45.8 Å². The van der Waals surface area contributed by atoms with Crippen molar-refractivity contribution in [1.82, 2.24) is 10.2 Å². The maximum absolute atomic E-state index is 13.5. The lowest BCUT2D eigenvalue weighted by Crippen LogP contribution is -2.51. The molecule has 0 spiro atoms. The number of aliphatic hydroxyl groups is 1. The molecule has 0 bridgehead atoms. The van der Waals surface area contributed by atoms with Crippen LogP contribution in [0.15, 0.2) is 42.5 Å². The van der Waals surface area contributed by atoms with Gasteiger partial charge in [-0.2, -0.15) is 0 Å². The second kappa shape index (κ2) is 10.1.